The number of aryl methyl sites for hydroxylation is 1. The van der Waals surface area contributed by atoms with Gasteiger partial charge in [-0.25, -0.2) is 0 Å². The molecule has 3 heterocycles. The van der Waals surface area contributed by atoms with Crippen LogP contribution in [0.1, 0.15) is 44.1 Å². The quantitative estimate of drug-likeness (QED) is 0.340. The second-order valence-corrected chi connectivity index (χ2v) is 11.0. The molecule has 1 fully saturated rings. The van der Waals surface area contributed by atoms with Gasteiger partial charge < -0.3 is 24.0 Å². The Bertz CT molecular complexity index is 1610. The highest BCUT2D eigenvalue weighted by Crippen LogP contribution is 2.35. The monoisotopic (exact) mass is 548 g/mol. The van der Waals surface area contributed by atoms with Gasteiger partial charge in [-0.3, -0.25) is 9.59 Å². The minimum Gasteiger partial charge on any atom is -0.496 e. The summed E-state index contributed by atoms with van der Waals surface area (Å²) in [5, 5.41) is 0. The Labute approximate surface area is 241 Å². The van der Waals surface area contributed by atoms with Crippen molar-refractivity contribution in [1.29, 1.82) is 0 Å². The SMILES string of the molecule is COc1cc(C(=O)N2Cc3ccc(C(=O)N4CCCN(C)CC4)n3Cc3ccccc32)ccc1-c1ccccc1C. The highest BCUT2D eigenvalue weighted by molar-refractivity contribution is 6.07. The topological polar surface area (TPSA) is 58.0 Å². The van der Waals surface area contributed by atoms with Crippen LogP contribution in [0.5, 0.6) is 5.75 Å². The molecule has 7 heteroatoms. The molecule has 0 spiro atoms. The molecular formula is C34H36N4O3. The van der Waals surface area contributed by atoms with Crippen LogP contribution in [-0.2, 0) is 13.1 Å². The lowest BCUT2D eigenvalue weighted by Crippen LogP contribution is -2.35. The molecule has 0 bridgehead atoms. The van der Waals surface area contributed by atoms with Crippen LogP contribution in [0, 0.1) is 6.92 Å². The molecule has 2 aliphatic heterocycles. The van der Waals surface area contributed by atoms with Gasteiger partial charge in [0.2, 0.25) is 0 Å². The van der Waals surface area contributed by atoms with E-state index in [0.717, 1.165) is 66.2 Å². The molecule has 2 amide bonds. The highest BCUT2D eigenvalue weighted by Gasteiger charge is 2.29. The molecule has 2 aliphatic rings. The average Bonchev–Trinajstić information content (AvgIpc) is 3.14. The maximum atomic E-state index is 14.1. The van der Waals surface area contributed by atoms with Crippen LogP contribution in [0.25, 0.3) is 11.1 Å². The zero-order valence-corrected chi connectivity index (χ0v) is 24.0. The predicted octanol–water partition coefficient (Wildman–Crippen LogP) is 5.46. The lowest BCUT2D eigenvalue weighted by Gasteiger charge is -2.23. The van der Waals surface area contributed by atoms with E-state index in [2.05, 4.69) is 35.6 Å². The van der Waals surface area contributed by atoms with Crippen molar-refractivity contribution in [2.45, 2.75) is 26.4 Å². The number of ether oxygens (including phenoxy) is 1. The van der Waals surface area contributed by atoms with Gasteiger partial charge in [-0.1, -0.05) is 42.5 Å². The third-order valence-corrected chi connectivity index (χ3v) is 8.36. The van der Waals surface area contributed by atoms with Crippen LogP contribution in [-0.4, -0.2) is 66.5 Å². The Morgan fingerprint density at radius 2 is 1.59 bits per heavy atom. The van der Waals surface area contributed by atoms with Crippen molar-refractivity contribution in [3.8, 4) is 16.9 Å². The van der Waals surface area contributed by atoms with Crippen molar-refractivity contribution < 1.29 is 14.3 Å². The van der Waals surface area contributed by atoms with E-state index in [9.17, 15) is 9.59 Å². The van der Waals surface area contributed by atoms with E-state index in [4.69, 9.17) is 4.74 Å². The Hall–Kier alpha value is -4.36. The number of methoxy groups -OCH3 is 1. The van der Waals surface area contributed by atoms with Crippen LogP contribution >= 0.6 is 0 Å². The lowest BCUT2D eigenvalue weighted by atomic mass is 9.98. The molecule has 41 heavy (non-hydrogen) atoms. The zero-order chi connectivity index (χ0) is 28.5. The second kappa shape index (κ2) is 11.3. The number of hydrogen-bond acceptors (Lipinski definition) is 4. The number of aromatic nitrogens is 1. The molecule has 7 nitrogen and oxygen atoms in total. The molecule has 0 N–H and O–H groups in total. The van der Waals surface area contributed by atoms with Gasteiger partial charge in [0.15, 0.2) is 0 Å². The molecule has 4 aromatic rings. The molecule has 1 aromatic heterocycles. The van der Waals surface area contributed by atoms with E-state index in [1.807, 2.05) is 76.5 Å². The summed E-state index contributed by atoms with van der Waals surface area (Å²) in [6, 6.07) is 25.7. The maximum absolute atomic E-state index is 14.1. The number of likely N-dealkylation sites (N-methyl/N-ethyl adjacent to an activating group) is 1. The first-order valence-corrected chi connectivity index (χ1v) is 14.2. The van der Waals surface area contributed by atoms with Crippen LogP contribution in [0.4, 0.5) is 5.69 Å². The first-order valence-electron chi connectivity index (χ1n) is 14.2. The Kier molecular flexibility index (Phi) is 7.37. The molecule has 0 saturated carbocycles. The normalized spacial score (nSPS) is 15.5. The van der Waals surface area contributed by atoms with Crippen LogP contribution < -0.4 is 9.64 Å². The van der Waals surface area contributed by atoms with E-state index >= 15 is 0 Å². The standard InChI is InChI=1S/C34H36N4O3/c1-24-9-4-6-11-28(24)29-15-13-25(21-32(29)41-3)33(39)38-23-27-14-16-31(34(40)36-18-8-17-35(2)19-20-36)37(27)22-26-10-5-7-12-30(26)38/h4-7,9-16,21H,8,17-20,22-23H2,1-3H3. The van der Waals surface area contributed by atoms with Gasteiger partial charge in [-0.15, -0.1) is 0 Å². The molecule has 0 radical (unpaired) electrons. The van der Waals surface area contributed by atoms with Crippen LogP contribution in [0.15, 0.2) is 78.9 Å². The number of benzene rings is 3. The van der Waals surface area contributed by atoms with Crippen molar-refractivity contribution in [3.05, 3.63) is 107 Å². The molecule has 6 rings (SSSR count). The fourth-order valence-corrected chi connectivity index (χ4v) is 6.02. The molecular weight excluding hydrogens is 512 g/mol. The first kappa shape index (κ1) is 26.8. The van der Waals surface area contributed by atoms with Crippen molar-refractivity contribution in [1.82, 2.24) is 14.4 Å². The minimum atomic E-state index is -0.106. The fraction of sp³-hybridized carbons (Fsp3) is 0.294. The number of hydrogen-bond donors (Lipinski definition) is 0. The van der Waals surface area contributed by atoms with E-state index in [1.54, 1.807) is 7.11 Å². The summed E-state index contributed by atoms with van der Waals surface area (Å²) in [4.78, 5) is 33.9. The molecule has 0 atom stereocenters. The summed E-state index contributed by atoms with van der Waals surface area (Å²) in [6.45, 7) is 6.32. The van der Waals surface area contributed by atoms with Gasteiger partial charge >= 0.3 is 0 Å². The third kappa shape index (κ3) is 5.13. The predicted molar refractivity (Wildman–Crippen MR) is 162 cm³/mol. The number of anilines is 1. The number of carbonyl (C=O) groups excluding carboxylic acids is 2. The van der Waals surface area contributed by atoms with E-state index in [-0.39, 0.29) is 11.8 Å². The fourth-order valence-electron chi connectivity index (χ4n) is 6.02. The Balaban J connectivity index is 1.34. The number of carbonyl (C=O) groups is 2. The van der Waals surface area contributed by atoms with Gasteiger partial charge in [0.1, 0.15) is 11.4 Å². The summed E-state index contributed by atoms with van der Waals surface area (Å²) in [5.74, 6) is 0.609. The van der Waals surface area contributed by atoms with E-state index in [0.29, 0.717) is 30.1 Å². The van der Waals surface area contributed by atoms with Gasteiger partial charge in [-0.05, 0) is 80.0 Å². The third-order valence-electron chi connectivity index (χ3n) is 8.36. The first-order chi connectivity index (χ1) is 19.9. The minimum absolute atomic E-state index is 0.0559. The molecule has 0 unspecified atom stereocenters. The zero-order valence-electron chi connectivity index (χ0n) is 24.0. The number of nitrogens with zero attached hydrogens (tertiary/aromatic N) is 4. The number of fused-ring (bicyclic) bond motifs is 2. The van der Waals surface area contributed by atoms with Gasteiger partial charge in [0, 0.05) is 42.1 Å². The average molecular weight is 549 g/mol. The number of amides is 2. The Morgan fingerprint density at radius 1 is 0.780 bits per heavy atom. The summed E-state index contributed by atoms with van der Waals surface area (Å²) >= 11 is 0. The smallest absolute Gasteiger partial charge is 0.270 e. The maximum Gasteiger partial charge on any atom is 0.270 e. The van der Waals surface area contributed by atoms with Crippen molar-refractivity contribution in [2.75, 3.05) is 45.2 Å². The highest BCUT2D eigenvalue weighted by atomic mass is 16.5. The summed E-state index contributed by atoms with van der Waals surface area (Å²) in [5.41, 5.74) is 7.21. The van der Waals surface area contributed by atoms with Crippen molar-refractivity contribution in [3.63, 3.8) is 0 Å². The molecule has 1 saturated heterocycles. The molecule has 3 aromatic carbocycles. The number of rotatable bonds is 4. The van der Waals surface area contributed by atoms with Gasteiger partial charge in [-0.2, -0.15) is 0 Å². The van der Waals surface area contributed by atoms with Gasteiger partial charge in [0.25, 0.3) is 11.8 Å². The second-order valence-electron chi connectivity index (χ2n) is 11.0. The molecule has 210 valence electrons. The van der Waals surface area contributed by atoms with Crippen molar-refractivity contribution >= 4 is 17.5 Å². The Morgan fingerprint density at radius 3 is 2.41 bits per heavy atom. The molecule has 0 aliphatic carbocycles. The van der Waals surface area contributed by atoms with Crippen LogP contribution in [0.3, 0.4) is 0 Å². The number of para-hydroxylation sites is 1. The lowest BCUT2D eigenvalue weighted by molar-refractivity contribution is 0.0752. The van der Waals surface area contributed by atoms with E-state index in [1.165, 1.54) is 0 Å². The van der Waals surface area contributed by atoms with Crippen molar-refractivity contribution in [2.24, 2.45) is 0 Å². The van der Waals surface area contributed by atoms with E-state index < -0.39 is 0 Å². The largest absolute Gasteiger partial charge is 0.496 e. The summed E-state index contributed by atoms with van der Waals surface area (Å²) < 4.78 is 7.85. The summed E-state index contributed by atoms with van der Waals surface area (Å²) in [7, 11) is 3.74. The van der Waals surface area contributed by atoms with Gasteiger partial charge in [0.05, 0.1) is 20.2 Å². The van der Waals surface area contributed by atoms with Crippen LogP contribution in [0.2, 0.25) is 0 Å². The summed E-state index contributed by atoms with van der Waals surface area (Å²) in [6.07, 6.45) is 0.965.